The molecule has 4 fully saturated rings. The van der Waals surface area contributed by atoms with Gasteiger partial charge in [-0.1, -0.05) is 24.3 Å². The Morgan fingerprint density at radius 3 is 2.47 bits per heavy atom. The highest BCUT2D eigenvalue weighted by Gasteiger charge is 2.51. The Labute approximate surface area is 116 Å². The number of fused-ring (bicyclic) bond motifs is 1. The molecule has 5 aliphatic rings. The molecule has 0 spiro atoms. The molecule has 6 rings (SSSR count). The van der Waals surface area contributed by atoms with Crippen molar-refractivity contribution in [3.8, 4) is 0 Å². The minimum Gasteiger partial charge on any atom is -0.0620 e. The Morgan fingerprint density at radius 1 is 0.895 bits per heavy atom. The van der Waals surface area contributed by atoms with E-state index >= 15 is 0 Å². The zero-order chi connectivity index (χ0) is 12.4. The summed E-state index contributed by atoms with van der Waals surface area (Å²) >= 11 is 0. The highest BCUT2D eigenvalue weighted by molar-refractivity contribution is 5.37. The van der Waals surface area contributed by atoms with Crippen LogP contribution >= 0.6 is 0 Å². The first-order valence-electron chi connectivity index (χ1n) is 8.31. The average molecular weight is 251 g/mol. The molecule has 0 aliphatic heterocycles. The van der Waals surface area contributed by atoms with E-state index in [1.807, 2.05) is 5.92 Å². The van der Waals surface area contributed by atoms with E-state index < -0.39 is 0 Å². The van der Waals surface area contributed by atoms with Gasteiger partial charge in [0.15, 0.2) is 0 Å². The molecule has 0 N–H and O–H groups in total. The van der Waals surface area contributed by atoms with E-state index in [0.29, 0.717) is 0 Å². The van der Waals surface area contributed by atoms with E-state index in [9.17, 15) is 0 Å². The molecule has 5 aliphatic carbocycles. The normalized spacial score (nSPS) is 43.7. The van der Waals surface area contributed by atoms with Gasteiger partial charge in [0.25, 0.3) is 0 Å². The molecule has 1 radical (unpaired) electrons. The molecular formula is C19H23. The van der Waals surface area contributed by atoms with Crippen molar-refractivity contribution in [3.63, 3.8) is 0 Å². The number of hydrogen-bond donors (Lipinski definition) is 0. The van der Waals surface area contributed by atoms with E-state index in [4.69, 9.17) is 0 Å². The minimum absolute atomic E-state index is 0.885. The van der Waals surface area contributed by atoms with Crippen molar-refractivity contribution in [1.82, 2.24) is 0 Å². The predicted molar refractivity (Wildman–Crippen MR) is 77.8 cm³/mol. The predicted octanol–water partition coefficient (Wildman–Crippen LogP) is 4.75. The Kier molecular flexibility index (Phi) is 2.23. The van der Waals surface area contributed by atoms with Crippen LogP contribution in [-0.2, 0) is 6.42 Å². The van der Waals surface area contributed by atoms with Crippen LogP contribution in [0.15, 0.2) is 24.3 Å². The fourth-order valence-corrected chi connectivity index (χ4v) is 6.25. The summed E-state index contributed by atoms with van der Waals surface area (Å²) in [6.45, 7) is 0. The molecule has 1 aromatic rings. The van der Waals surface area contributed by atoms with Crippen LogP contribution in [0.25, 0.3) is 0 Å². The molecule has 4 saturated carbocycles. The molecule has 0 aromatic heterocycles. The van der Waals surface area contributed by atoms with Gasteiger partial charge >= 0.3 is 0 Å². The topological polar surface area (TPSA) is 0 Å². The maximum absolute atomic E-state index is 2.43. The molecule has 4 atom stereocenters. The Balaban J connectivity index is 1.51. The summed E-state index contributed by atoms with van der Waals surface area (Å²) in [5.41, 5.74) is 3.37. The van der Waals surface area contributed by atoms with Gasteiger partial charge in [-0.25, -0.2) is 0 Å². The molecule has 1 aromatic carbocycles. The Bertz CT molecular complexity index is 473. The standard InChI is InChI=1S/C19H23/c1-2-4-17-14(3-1)5-6-18(17)19-15-8-12-7-13(10-15)11-16(19)9-12/h1-4,12-13,15,18-19H,5-11H2. The summed E-state index contributed by atoms with van der Waals surface area (Å²) in [7, 11) is 0. The van der Waals surface area contributed by atoms with Gasteiger partial charge in [-0.3, -0.25) is 0 Å². The molecule has 0 amide bonds. The van der Waals surface area contributed by atoms with Crippen LogP contribution in [0.5, 0.6) is 0 Å². The van der Waals surface area contributed by atoms with E-state index in [2.05, 4.69) is 24.3 Å². The second kappa shape index (κ2) is 3.87. The van der Waals surface area contributed by atoms with Crippen molar-refractivity contribution in [1.29, 1.82) is 0 Å². The highest BCUT2D eigenvalue weighted by atomic mass is 14.6. The van der Waals surface area contributed by atoms with Crippen LogP contribution in [0.3, 0.4) is 0 Å². The van der Waals surface area contributed by atoms with Gasteiger partial charge in [0.05, 0.1) is 0 Å². The first-order valence-corrected chi connectivity index (χ1v) is 8.31. The number of hydrogen-bond acceptors (Lipinski definition) is 0. The maximum Gasteiger partial charge on any atom is -0.0120 e. The fraction of sp³-hybridized carbons (Fsp3) is 0.632. The van der Waals surface area contributed by atoms with Gasteiger partial charge < -0.3 is 0 Å². The van der Waals surface area contributed by atoms with Crippen LogP contribution < -0.4 is 0 Å². The van der Waals surface area contributed by atoms with Crippen LogP contribution in [-0.4, -0.2) is 0 Å². The van der Waals surface area contributed by atoms with Crippen molar-refractivity contribution >= 4 is 0 Å². The SMILES string of the molecule is c1ccc2c(c1)CCC2C1[C]2CC3CC(C2)CC1C3. The minimum atomic E-state index is 0.885. The number of aryl methyl sites for hydroxylation is 1. The van der Waals surface area contributed by atoms with E-state index in [1.54, 1.807) is 30.4 Å². The molecule has 0 nitrogen and oxygen atoms in total. The van der Waals surface area contributed by atoms with Gasteiger partial charge in [0.1, 0.15) is 0 Å². The summed E-state index contributed by atoms with van der Waals surface area (Å²) in [5, 5.41) is 0. The van der Waals surface area contributed by atoms with Crippen molar-refractivity contribution in [3.05, 3.63) is 41.3 Å². The molecule has 4 bridgehead atoms. The lowest BCUT2D eigenvalue weighted by atomic mass is 9.49. The van der Waals surface area contributed by atoms with Crippen LogP contribution in [0.4, 0.5) is 0 Å². The van der Waals surface area contributed by atoms with E-state index in [-0.39, 0.29) is 0 Å². The Hall–Kier alpha value is -0.780. The number of rotatable bonds is 1. The molecule has 99 valence electrons. The average Bonchev–Trinajstić information content (AvgIpc) is 2.82. The summed E-state index contributed by atoms with van der Waals surface area (Å²) < 4.78 is 0. The summed E-state index contributed by atoms with van der Waals surface area (Å²) in [6.07, 6.45) is 10.4. The summed E-state index contributed by atoms with van der Waals surface area (Å²) in [5.74, 6) is 7.07. The first kappa shape index (κ1) is 10.9. The van der Waals surface area contributed by atoms with Crippen LogP contribution in [0.2, 0.25) is 0 Å². The fourth-order valence-electron chi connectivity index (χ4n) is 6.25. The van der Waals surface area contributed by atoms with Gasteiger partial charge in [-0.2, -0.15) is 0 Å². The molecule has 0 heterocycles. The quantitative estimate of drug-likeness (QED) is 0.676. The smallest absolute Gasteiger partial charge is 0.0120 e. The Morgan fingerprint density at radius 2 is 1.68 bits per heavy atom. The second-order valence-corrected chi connectivity index (χ2v) is 7.64. The van der Waals surface area contributed by atoms with Gasteiger partial charge in [0, 0.05) is 0 Å². The van der Waals surface area contributed by atoms with Crippen molar-refractivity contribution in [2.45, 2.75) is 50.9 Å². The first-order chi connectivity index (χ1) is 9.38. The maximum atomic E-state index is 2.43. The van der Waals surface area contributed by atoms with E-state index in [0.717, 1.165) is 29.6 Å². The lowest BCUT2D eigenvalue weighted by Gasteiger charge is -2.56. The van der Waals surface area contributed by atoms with Crippen LogP contribution in [0.1, 0.15) is 55.6 Å². The van der Waals surface area contributed by atoms with Gasteiger partial charge in [0.2, 0.25) is 0 Å². The third-order valence-corrected chi connectivity index (χ3v) is 6.63. The largest absolute Gasteiger partial charge is 0.0620 e. The molecule has 0 heteroatoms. The van der Waals surface area contributed by atoms with Crippen molar-refractivity contribution in [2.24, 2.45) is 23.7 Å². The third kappa shape index (κ3) is 1.52. The number of benzene rings is 1. The van der Waals surface area contributed by atoms with Gasteiger partial charge in [-0.15, -0.1) is 0 Å². The highest BCUT2D eigenvalue weighted by Crippen LogP contribution is 2.62. The van der Waals surface area contributed by atoms with Gasteiger partial charge in [-0.05, 0) is 91.6 Å². The van der Waals surface area contributed by atoms with E-state index in [1.165, 1.54) is 25.7 Å². The lowest BCUT2D eigenvalue weighted by molar-refractivity contribution is 0.0304. The second-order valence-electron chi connectivity index (χ2n) is 7.64. The molecular weight excluding hydrogens is 228 g/mol. The summed E-state index contributed by atoms with van der Waals surface area (Å²) in [4.78, 5) is 0. The molecule has 19 heavy (non-hydrogen) atoms. The monoisotopic (exact) mass is 251 g/mol. The van der Waals surface area contributed by atoms with Crippen LogP contribution in [0, 0.1) is 29.6 Å². The zero-order valence-electron chi connectivity index (χ0n) is 11.6. The summed E-state index contributed by atoms with van der Waals surface area (Å²) in [6, 6.07) is 9.29. The van der Waals surface area contributed by atoms with Crippen molar-refractivity contribution < 1.29 is 0 Å². The zero-order valence-corrected chi connectivity index (χ0v) is 11.6. The third-order valence-electron chi connectivity index (χ3n) is 6.63. The lowest BCUT2D eigenvalue weighted by Crippen LogP contribution is -2.45. The van der Waals surface area contributed by atoms with Crippen molar-refractivity contribution in [2.75, 3.05) is 0 Å². The molecule has 0 saturated heterocycles. The molecule has 4 unspecified atom stereocenters.